The van der Waals surface area contributed by atoms with Crippen molar-refractivity contribution in [3.05, 3.63) is 29.6 Å². The van der Waals surface area contributed by atoms with E-state index in [1.807, 2.05) is 0 Å². The molecule has 0 fully saturated rings. The van der Waals surface area contributed by atoms with Crippen LogP contribution in [0.15, 0.2) is 23.4 Å². The standard InChI is InChI=1S/C10H13FN2O/c1-7(2)13-14-6-8-9(11)4-3-5-10(8)12/h3-5H,6,12H2,1-2H3. The van der Waals surface area contributed by atoms with Gasteiger partial charge in [-0.2, -0.15) is 0 Å². The molecule has 76 valence electrons. The van der Waals surface area contributed by atoms with Gasteiger partial charge in [-0.3, -0.25) is 0 Å². The lowest BCUT2D eigenvalue weighted by Crippen LogP contribution is -1.99. The van der Waals surface area contributed by atoms with Gasteiger partial charge >= 0.3 is 0 Å². The number of halogens is 1. The molecule has 0 aliphatic rings. The van der Waals surface area contributed by atoms with Crippen LogP contribution < -0.4 is 5.73 Å². The van der Waals surface area contributed by atoms with Crippen LogP contribution in [0.3, 0.4) is 0 Å². The van der Waals surface area contributed by atoms with Crippen LogP contribution in [-0.4, -0.2) is 5.71 Å². The SMILES string of the molecule is CC(C)=NOCc1c(N)cccc1F. The van der Waals surface area contributed by atoms with Gasteiger partial charge in [0.15, 0.2) is 0 Å². The van der Waals surface area contributed by atoms with Crippen molar-refractivity contribution in [1.82, 2.24) is 0 Å². The van der Waals surface area contributed by atoms with Crippen LogP contribution in [0, 0.1) is 5.82 Å². The molecule has 0 amide bonds. The first-order valence-corrected chi connectivity index (χ1v) is 4.27. The van der Waals surface area contributed by atoms with E-state index >= 15 is 0 Å². The van der Waals surface area contributed by atoms with E-state index < -0.39 is 0 Å². The van der Waals surface area contributed by atoms with Crippen molar-refractivity contribution in [3.63, 3.8) is 0 Å². The highest BCUT2D eigenvalue weighted by Crippen LogP contribution is 2.16. The van der Waals surface area contributed by atoms with Crippen molar-refractivity contribution in [3.8, 4) is 0 Å². The number of hydrogen-bond acceptors (Lipinski definition) is 3. The van der Waals surface area contributed by atoms with Crippen molar-refractivity contribution in [1.29, 1.82) is 0 Å². The largest absolute Gasteiger partial charge is 0.398 e. The van der Waals surface area contributed by atoms with Crippen molar-refractivity contribution in [2.45, 2.75) is 20.5 Å². The molecule has 1 rings (SSSR count). The molecule has 1 aromatic carbocycles. The molecule has 2 N–H and O–H groups in total. The predicted octanol–water partition coefficient (Wildman–Crippen LogP) is 2.32. The zero-order valence-corrected chi connectivity index (χ0v) is 8.25. The summed E-state index contributed by atoms with van der Waals surface area (Å²) in [7, 11) is 0. The summed E-state index contributed by atoms with van der Waals surface area (Å²) < 4.78 is 13.2. The van der Waals surface area contributed by atoms with Crippen LogP contribution in [0.5, 0.6) is 0 Å². The summed E-state index contributed by atoms with van der Waals surface area (Å²) in [4.78, 5) is 4.91. The molecule has 0 unspecified atom stereocenters. The molecular formula is C10H13FN2O. The molecule has 0 heterocycles. The van der Waals surface area contributed by atoms with Crippen LogP contribution >= 0.6 is 0 Å². The number of rotatable bonds is 3. The number of anilines is 1. The maximum atomic E-state index is 13.2. The van der Waals surface area contributed by atoms with E-state index in [2.05, 4.69) is 5.16 Å². The van der Waals surface area contributed by atoms with Gasteiger partial charge in [-0.25, -0.2) is 4.39 Å². The zero-order valence-electron chi connectivity index (χ0n) is 8.25. The molecular weight excluding hydrogens is 183 g/mol. The summed E-state index contributed by atoms with van der Waals surface area (Å²) in [6, 6.07) is 4.53. The first-order chi connectivity index (χ1) is 6.61. The van der Waals surface area contributed by atoms with E-state index in [0.29, 0.717) is 11.3 Å². The number of nitrogen functional groups attached to an aromatic ring is 1. The third-order valence-corrected chi connectivity index (χ3v) is 1.61. The van der Waals surface area contributed by atoms with Crippen LogP contribution in [0.4, 0.5) is 10.1 Å². The van der Waals surface area contributed by atoms with Crippen molar-refractivity contribution in [2.75, 3.05) is 5.73 Å². The smallest absolute Gasteiger partial charge is 0.147 e. The molecule has 0 atom stereocenters. The number of benzene rings is 1. The van der Waals surface area contributed by atoms with E-state index in [1.54, 1.807) is 26.0 Å². The average molecular weight is 196 g/mol. The van der Waals surface area contributed by atoms with Gasteiger partial charge in [0.05, 0.1) is 11.3 Å². The summed E-state index contributed by atoms with van der Waals surface area (Å²) in [6.45, 7) is 3.65. The van der Waals surface area contributed by atoms with E-state index in [4.69, 9.17) is 10.6 Å². The first kappa shape index (κ1) is 10.5. The average Bonchev–Trinajstić information content (AvgIpc) is 2.09. The molecule has 0 saturated heterocycles. The normalized spacial score (nSPS) is 9.64. The Labute approximate surface area is 82.4 Å². The third kappa shape index (κ3) is 2.73. The second-order valence-corrected chi connectivity index (χ2v) is 3.12. The van der Waals surface area contributed by atoms with Gasteiger partial charge in [0.2, 0.25) is 0 Å². The lowest BCUT2D eigenvalue weighted by molar-refractivity contribution is 0.128. The maximum Gasteiger partial charge on any atom is 0.147 e. The van der Waals surface area contributed by atoms with Gasteiger partial charge in [0.25, 0.3) is 0 Å². The Balaban J connectivity index is 2.71. The monoisotopic (exact) mass is 196 g/mol. The van der Waals surface area contributed by atoms with Crippen LogP contribution in [0.2, 0.25) is 0 Å². The van der Waals surface area contributed by atoms with Crippen LogP contribution in [-0.2, 0) is 11.4 Å². The van der Waals surface area contributed by atoms with Crippen molar-refractivity contribution >= 4 is 11.4 Å². The fourth-order valence-electron chi connectivity index (χ4n) is 0.954. The van der Waals surface area contributed by atoms with Crippen LogP contribution in [0.25, 0.3) is 0 Å². The van der Waals surface area contributed by atoms with E-state index in [0.717, 1.165) is 5.71 Å². The lowest BCUT2D eigenvalue weighted by atomic mass is 10.2. The van der Waals surface area contributed by atoms with Gasteiger partial charge in [0.1, 0.15) is 12.4 Å². The summed E-state index contributed by atoms with van der Waals surface area (Å²) in [5, 5.41) is 3.70. The Morgan fingerprint density at radius 3 is 2.79 bits per heavy atom. The number of hydrogen-bond donors (Lipinski definition) is 1. The number of oxime groups is 1. The fourth-order valence-corrected chi connectivity index (χ4v) is 0.954. The molecule has 0 aliphatic heterocycles. The van der Waals surface area contributed by atoms with E-state index in [9.17, 15) is 4.39 Å². The molecule has 14 heavy (non-hydrogen) atoms. The van der Waals surface area contributed by atoms with Gasteiger partial charge in [-0.15, -0.1) is 0 Å². The van der Waals surface area contributed by atoms with E-state index in [-0.39, 0.29) is 12.4 Å². The minimum absolute atomic E-state index is 0.0592. The maximum absolute atomic E-state index is 13.2. The van der Waals surface area contributed by atoms with Crippen molar-refractivity contribution in [2.24, 2.45) is 5.16 Å². The molecule has 3 nitrogen and oxygen atoms in total. The zero-order chi connectivity index (χ0) is 10.6. The Morgan fingerprint density at radius 2 is 2.21 bits per heavy atom. The minimum atomic E-state index is -0.367. The lowest BCUT2D eigenvalue weighted by Gasteiger charge is -2.05. The second-order valence-electron chi connectivity index (χ2n) is 3.12. The molecule has 0 saturated carbocycles. The van der Waals surface area contributed by atoms with Crippen LogP contribution in [0.1, 0.15) is 19.4 Å². The first-order valence-electron chi connectivity index (χ1n) is 4.27. The van der Waals surface area contributed by atoms with Gasteiger partial charge in [0, 0.05) is 5.69 Å². The Bertz CT molecular complexity index is 326. The highest BCUT2D eigenvalue weighted by atomic mass is 19.1. The number of nitrogens with zero attached hydrogens (tertiary/aromatic N) is 1. The Hall–Kier alpha value is -1.58. The minimum Gasteiger partial charge on any atom is -0.398 e. The quantitative estimate of drug-likeness (QED) is 0.458. The predicted molar refractivity (Wildman–Crippen MR) is 54.4 cm³/mol. The highest BCUT2D eigenvalue weighted by Gasteiger charge is 2.05. The Morgan fingerprint density at radius 1 is 1.50 bits per heavy atom. The summed E-state index contributed by atoms with van der Waals surface area (Å²) >= 11 is 0. The highest BCUT2D eigenvalue weighted by molar-refractivity contribution is 5.78. The van der Waals surface area contributed by atoms with Gasteiger partial charge < -0.3 is 10.6 Å². The summed E-state index contributed by atoms with van der Waals surface area (Å²) in [5.74, 6) is -0.367. The fraction of sp³-hybridized carbons (Fsp3) is 0.300. The molecule has 1 aromatic rings. The molecule has 4 heteroatoms. The van der Waals surface area contributed by atoms with Crippen molar-refractivity contribution < 1.29 is 9.23 Å². The molecule has 0 bridgehead atoms. The molecule has 0 spiro atoms. The third-order valence-electron chi connectivity index (χ3n) is 1.61. The summed E-state index contributed by atoms with van der Waals surface area (Å²) in [6.07, 6.45) is 0. The second kappa shape index (κ2) is 4.60. The topological polar surface area (TPSA) is 47.6 Å². The molecule has 0 aliphatic carbocycles. The Kier molecular flexibility index (Phi) is 3.45. The molecule has 0 aromatic heterocycles. The van der Waals surface area contributed by atoms with Gasteiger partial charge in [-0.1, -0.05) is 11.2 Å². The van der Waals surface area contributed by atoms with Gasteiger partial charge in [-0.05, 0) is 26.0 Å². The number of nitrogens with two attached hydrogens (primary N) is 1. The molecule has 0 radical (unpaired) electrons. The summed E-state index contributed by atoms with van der Waals surface area (Å²) in [5.41, 5.74) is 7.08. The van der Waals surface area contributed by atoms with E-state index in [1.165, 1.54) is 6.07 Å².